The lowest BCUT2D eigenvalue weighted by atomic mass is 9.80. The fourth-order valence-corrected chi connectivity index (χ4v) is 7.93. The lowest BCUT2D eigenvalue weighted by molar-refractivity contribution is -0.274. The summed E-state index contributed by atoms with van der Waals surface area (Å²) in [6, 6.07) is 16.6. The maximum Gasteiger partial charge on any atom is 0.573 e. The zero-order valence-corrected chi connectivity index (χ0v) is 28.2. The molecule has 1 unspecified atom stereocenters. The van der Waals surface area contributed by atoms with Gasteiger partial charge < -0.3 is 19.9 Å². The van der Waals surface area contributed by atoms with E-state index in [1.165, 1.54) is 12.1 Å². The van der Waals surface area contributed by atoms with Crippen LogP contribution in [0.2, 0.25) is 0 Å². The molecule has 3 aromatic carbocycles. The minimum Gasteiger partial charge on any atom is -0.406 e. The van der Waals surface area contributed by atoms with Crippen LogP contribution in [-0.4, -0.2) is 83.1 Å². The van der Waals surface area contributed by atoms with Crippen molar-refractivity contribution in [2.24, 2.45) is 17.6 Å². The first kappa shape index (κ1) is 33.9. The van der Waals surface area contributed by atoms with Crippen LogP contribution in [0.1, 0.15) is 45.5 Å². The maximum absolute atomic E-state index is 13.3. The summed E-state index contributed by atoms with van der Waals surface area (Å²) < 4.78 is 44.4. The summed E-state index contributed by atoms with van der Waals surface area (Å²) in [5.74, 6) is -1.28. The van der Waals surface area contributed by atoms with Gasteiger partial charge in [-0.15, -0.1) is 13.2 Å². The third kappa shape index (κ3) is 6.30. The molecule has 4 aliphatic heterocycles. The summed E-state index contributed by atoms with van der Waals surface area (Å²) in [6.07, 6.45) is -1.72. The van der Waals surface area contributed by atoms with Crippen LogP contribution in [-0.2, 0) is 22.7 Å². The number of carbonyl (C=O) groups excluding carboxylic acids is 4. The maximum atomic E-state index is 13.3. The van der Waals surface area contributed by atoms with E-state index in [0.29, 0.717) is 18.4 Å². The zero-order valence-electron chi connectivity index (χ0n) is 28.2. The van der Waals surface area contributed by atoms with E-state index in [-0.39, 0.29) is 29.7 Å². The van der Waals surface area contributed by atoms with E-state index in [4.69, 9.17) is 5.73 Å². The first-order valence-electron chi connectivity index (χ1n) is 17.5. The fourth-order valence-electron chi connectivity index (χ4n) is 7.93. The van der Waals surface area contributed by atoms with E-state index in [1.54, 1.807) is 24.3 Å². The van der Waals surface area contributed by atoms with Crippen molar-refractivity contribution in [3.05, 3.63) is 83.6 Å². The normalized spacial score (nSPS) is 20.0. The van der Waals surface area contributed by atoms with E-state index >= 15 is 0 Å². The van der Waals surface area contributed by atoms with Gasteiger partial charge in [0, 0.05) is 74.0 Å². The van der Waals surface area contributed by atoms with Gasteiger partial charge in [-0.25, -0.2) is 0 Å². The molecule has 1 atom stereocenters. The molecule has 270 valence electrons. The van der Waals surface area contributed by atoms with Gasteiger partial charge in [0.25, 0.3) is 11.8 Å². The minimum atomic E-state index is -4.75. The number of amides is 4. The molecule has 14 heteroatoms. The molecule has 5 heterocycles. The van der Waals surface area contributed by atoms with Gasteiger partial charge in [-0.2, -0.15) is 0 Å². The number of nitrogens with two attached hydrogens (primary N) is 1. The Morgan fingerprint density at radius 1 is 0.846 bits per heavy atom. The van der Waals surface area contributed by atoms with Crippen molar-refractivity contribution in [1.29, 1.82) is 0 Å². The summed E-state index contributed by atoms with van der Waals surface area (Å²) in [7, 11) is 0. The van der Waals surface area contributed by atoms with Gasteiger partial charge in [0.1, 0.15) is 11.8 Å². The highest BCUT2D eigenvalue weighted by Gasteiger charge is 2.46. The number of nitrogens with zero attached hydrogens (tertiary/aromatic N) is 4. The summed E-state index contributed by atoms with van der Waals surface area (Å²) >= 11 is 0. The van der Waals surface area contributed by atoms with Crippen molar-refractivity contribution in [3.8, 4) is 16.9 Å². The van der Waals surface area contributed by atoms with Gasteiger partial charge in [0.15, 0.2) is 0 Å². The van der Waals surface area contributed by atoms with Gasteiger partial charge in [0.2, 0.25) is 11.8 Å². The average Bonchev–Trinajstić information content (AvgIpc) is 3.55. The number of rotatable bonds is 10. The summed E-state index contributed by atoms with van der Waals surface area (Å²) in [5.41, 5.74) is 11.1. The Balaban J connectivity index is 0.892. The highest BCUT2D eigenvalue weighted by Crippen LogP contribution is 2.38. The van der Waals surface area contributed by atoms with Gasteiger partial charge in [-0.05, 0) is 84.8 Å². The standard InChI is InChI=1S/C38H37F3N6O5/c39-38(40,41)52-27-6-3-23(4-7-27)31-21-45(13-1-12-42)32-9-2-22(14-29(31)32)16-44-17-24(18-44)25-19-46(20-25)26-5-8-28-30(15-26)37(51)47(36(28)50)33-10-11-34(48)43-35(33)49/h2-9,14-15,21,24-25,33H,1,10-13,16-20,42H2,(H,43,48,49). The molecule has 4 aromatic rings. The molecule has 0 bridgehead atoms. The fraction of sp³-hybridized carbons (Fsp3) is 0.368. The Labute approximate surface area is 297 Å². The predicted octanol–water partition coefficient (Wildman–Crippen LogP) is 4.53. The van der Waals surface area contributed by atoms with Crippen molar-refractivity contribution in [2.75, 3.05) is 37.6 Å². The number of nitrogens with one attached hydrogen (secondary N) is 1. The van der Waals surface area contributed by atoms with Crippen LogP contribution in [0.4, 0.5) is 18.9 Å². The highest BCUT2D eigenvalue weighted by molar-refractivity contribution is 6.23. The first-order valence-corrected chi connectivity index (χ1v) is 17.5. The van der Waals surface area contributed by atoms with Crippen LogP contribution >= 0.6 is 0 Å². The second kappa shape index (κ2) is 13.1. The Bertz CT molecular complexity index is 2080. The number of fused-ring (bicyclic) bond motifs is 2. The molecular formula is C38H37F3N6O5. The average molecular weight is 715 g/mol. The lowest BCUT2D eigenvalue weighted by Gasteiger charge is -2.51. The number of piperidine rings is 1. The van der Waals surface area contributed by atoms with Crippen molar-refractivity contribution >= 4 is 40.2 Å². The predicted molar refractivity (Wildman–Crippen MR) is 185 cm³/mol. The zero-order chi connectivity index (χ0) is 36.3. The highest BCUT2D eigenvalue weighted by atomic mass is 19.4. The van der Waals surface area contributed by atoms with Crippen LogP contribution < -0.4 is 20.7 Å². The van der Waals surface area contributed by atoms with Crippen LogP contribution in [0.25, 0.3) is 22.0 Å². The molecule has 0 radical (unpaired) electrons. The van der Waals surface area contributed by atoms with E-state index in [9.17, 15) is 32.3 Å². The Kier molecular flexibility index (Phi) is 8.53. The molecule has 0 aliphatic carbocycles. The molecule has 0 saturated carbocycles. The Morgan fingerprint density at radius 2 is 1.58 bits per heavy atom. The number of alkyl halides is 3. The van der Waals surface area contributed by atoms with Crippen molar-refractivity contribution < 1.29 is 37.1 Å². The minimum absolute atomic E-state index is 0.0769. The Morgan fingerprint density at radius 3 is 2.29 bits per heavy atom. The van der Waals surface area contributed by atoms with Gasteiger partial charge in [-0.3, -0.25) is 34.3 Å². The molecule has 3 N–H and O–H groups in total. The number of aryl methyl sites for hydroxylation is 1. The van der Waals surface area contributed by atoms with Crippen LogP contribution in [0.15, 0.2) is 66.9 Å². The van der Waals surface area contributed by atoms with Gasteiger partial charge in [-0.1, -0.05) is 18.2 Å². The number of anilines is 1. The number of imide groups is 2. The number of hydrogen-bond acceptors (Lipinski definition) is 8. The summed E-state index contributed by atoms with van der Waals surface area (Å²) in [6.45, 7) is 5.65. The quantitative estimate of drug-likeness (QED) is 0.230. The third-order valence-corrected chi connectivity index (χ3v) is 10.7. The number of halogens is 3. The molecule has 8 rings (SSSR count). The van der Waals surface area contributed by atoms with E-state index in [1.807, 2.05) is 12.3 Å². The molecule has 52 heavy (non-hydrogen) atoms. The van der Waals surface area contributed by atoms with Crippen molar-refractivity contribution in [3.63, 3.8) is 0 Å². The van der Waals surface area contributed by atoms with E-state index in [2.05, 4.69) is 42.6 Å². The SMILES string of the molecule is NCCCn1cc(-c2ccc(OC(F)(F)F)cc2)c2cc(CN3CC(C4CN(c5ccc6c(c5)C(=O)N(C5CCC(=O)NC5=O)C6=O)C4)C3)ccc21. The molecule has 1 aromatic heterocycles. The van der Waals surface area contributed by atoms with Crippen LogP contribution in [0, 0.1) is 11.8 Å². The smallest absolute Gasteiger partial charge is 0.406 e. The summed E-state index contributed by atoms with van der Waals surface area (Å²) in [5, 5.41) is 3.25. The van der Waals surface area contributed by atoms with Crippen molar-refractivity contribution in [1.82, 2.24) is 19.7 Å². The van der Waals surface area contributed by atoms with Gasteiger partial charge in [0.05, 0.1) is 11.1 Å². The number of ether oxygens (including phenoxy) is 1. The van der Waals surface area contributed by atoms with Crippen molar-refractivity contribution in [2.45, 2.75) is 44.8 Å². The van der Waals surface area contributed by atoms with E-state index in [0.717, 1.165) is 83.9 Å². The number of aromatic nitrogens is 1. The second-order valence-corrected chi connectivity index (χ2v) is 14.1. The van der Waals surface area contributed by atoms with Crippen LogP contribution in [0.3, 0.4) is 0 Å². The second-order valence-electron chi connectivity index (χ2n) is 14.1. The van der Waals surface area contributed by atoms with Gasteiger partial charge >= 0.3 is 6.36 Å². The molecular weight excluding hydrogens is 677 g/mol. The number of benzene rings is 3. The molecule has 3 saturated heterocycles. The Hall–Kier alpha value is -5.21. The lowest BCUT2D eigenvalue weighted by Crippen LogP contribution is -2.59. The molecule has 11 nitrogen and oxygen atoms in total. The molecule has 4 amide bonds. The summed E-state index contributed by atoms with van der Waals surface area (Å²) in [4.78, 5) is 55.9. The topological polar surface area (TPSA) is 130 Å². The van der Waals surface area contributed by atoms with Crippen LogP contribution in [0.5, 0.6) is 5.75 Å². The number of hydrogen-bond donors (Lipinski definition) is 2. The third-order valence-electron chi connectivity index (χ3n) is 10.7. The largest absolute Gasteiger partial charge is 0.573 e. The monoisotopic (exact) mass is 714 g/mol. The number of likely N-dealkylation sites (tertiary alicyclic amines) is 1. The van der Waals surface area contributed by atoms with E-state index < -0.39 is 36.0 Å². The molecule has 0 spiro atoms. The molecule has 3 fully saturated rings. The first-order chi connectivity index (χ1) is 25.0. The number of carbonyl (C=O) groups is 4. The molecule has 4 aliphatic rings.